The Balaban J connectivity index is 4.47. The van der Waals surface area contributed by atoms with Crippen molar-refractivity contribution < 1.29 is 49.1 Å². The van der Waals surface area contributed by atoms with E-state index >= 15 is 0 Å². The quantitative estimate of drug-likeness (QED) is 0.135. The predicted molar refractivity (Wildman–Crippen MR) is 135 cm³/mol. The largest absolute Gasteiger partial charge is 0.478 e. The number of carboxylic acids is 2. The second-order valence-electron chi connectivity index (χ2n) is 10.1. The van der Waals surface area contributed by atoms with Crippen molar-refractivity contribution in [1.29, 1.82) is 0 Å². The van der Waals surface area contributed by atoms with E-state index in [1.54, 1.807) is 6.92 Å². The molecule has 0 aromatic rings. The lowest BCUT2D eigenvalue weighted by atomic mass is 9.82. The first-order valence-electron chi connectivity index (χ1n) is 12.0. The number of carbonyl (C=O) groups is 4. The molecule has 12 heteroatoms. The van der Waals surface area contributed by atoms with Gasteiger partial charge in [-0.05, 0) is 57.9 Å². The Morgan fingerprint density at radius 2 is 1.43 bits per heavy atom. The minimum absolute atomic E-state index is 0.178. The lowest BCUT2D eigenvalue weighted by Gasteiger charge is -2.29. The molecule has 0 aliphatic heterocycles. The van der Waals surface area contributed by atoms with Crippen molar-refractivity contribution in [3.63, 3.8) is 0 Å². The maximum atomic E-state index is 12.1. The Morgan fingerprint density at radius 3 is 1.97 bits per heavy atom. The molecule has 12 nitrogen and oxygen atoms in total. The Bertz CT molecular complexity index is 864. The van der Waals surface area contributed by atoms with Crippen LogP contribution in [0.3, 0.4) is 0 Å². The van der Waals surface area contributed by atoms with Crippen LogP contribution in [0.2, 0.25) is 0 Å². The summed E-state index contributed by atoms with van der Waals surface area (Å²) in [7, 11) is 0. The molecule has 0 rings (SSSR count). The Hall–Kier alpha value is -3.12. The van der Waals surface area contributed by atoms with Crippen LogP contribution in [0.15, 0.2) is 23.3 Å². The zero-order valence-electron chi connectivity index (χ0n) is 22.7. The average molecular weight is 531 g/mol. The number of ether oxygens (including phenoxy) is 2. The molecule has 0 saturated heterocycles. The SMILES string of the molecule is CC(=CCC(C)OC(=O)NCCC(C)CC(C)(C)CNC(=O)OC(C)C(O)(O)C=C(C)C(=O)O)C(=O)O. The standard InChI is InChI=1S/C25H42N2O10/c1-15(10-11-26-22(32)36-18(4)9-8-16(2)20(28)29)12-24(6,7)14-27-23(33)37-19(5)25(34,35)13-17(3)21(30)31/h8,13,15,18-19,34-35H,9-12,14H2,1-7H3,(H,26,32)(H,27,33)(H,28,29)(H,30,31). The molecule has 0 aromatic carbocycles. The molecule has 212 valence electrons. The first-order chi connectivity index (χ1) is 16.9. The van der Waals surface area contributed by atoms with E-state index in [9.17, 15) is 29.4 Å². The van der Waals surface area contributed by atoms with Crippen LogP contribution >= 0.6 is 0 Å². The van der Waals surface area contributed by atoms with Crippen molar-refractivity contribution in [3.8, 4) is 0 Å². The van der Waals surface area contributed by atoms with Crippen molar-refractivity contribution in [3.05, 3.63) is 23.3 Å². The van der Waals surface area contributed by atoms with Crippen LogP contribution in [0.4, 0.5) is 9.59 Å². The molecule has 0 aliphatic rings. The van der Waals surface area contributed by atoms with E-state index in [2.05, 4.69) is 10.6 Å². The number of hydrogen-bond acceptors (Lipinski definition) is 8. The molecule has 0 aromatic heterocycles. The van der Waals surface area contributed by atoms with Crippen molar-refractivity contribution in [2.75, 3.05) is 13.1 Å². The minimum atomic E-state index is -2.65. The number of aliphatic carboxylic acids is 2. The maximum absolute atomic E-state index is 12.1. The van der Waals surface area contributed by atoms with Gasteiger partial charge in [-0.3, -0.25) is 0 Å². The topological polar surface area (TPSA) is 192 Å². The highest BCUT2D eigenvalue weighted by atomic mass is 16.6. The predicted octanol–water partition coefficient (Wildman–Crippen LogP) is 2.79. The van der Waals surface area contributed by atoms with Gasteiger partial charge in [-0.2, -0.15) is 0 Å². The van der Waals surface area contributed by atoms with Crippen LogP contribution in [-0.4, -0.2) is 75.6 Å². The molecule has 0 heterocycles. The summed E-state index contributed by atoms with van der Waals surface area (Å²) in [5, 5.41) is 42.9. The van der Waals surface area contributed by atoms with Crippen LogP contribution in [-0.2, 0) is 19.1 Å². The van der Waals surface area contributed by atoms with Crippen LogP contribution in [0.25, 0.3) is 0 Å². The third-order valence-corrected chi connectivity index (χ3v) is 5.57. The summed E-state index contributed by atoms with van der Waals surface area (Å²) in [5.74, 6) is -4.82. The average Bonchev–Trinajstić information content (AvgIpc) is 2.75. The first-order valence-corrected chi connectivity index (χ1v) is 12.0. The molecule has 2 amide bonds. The third-order valence-electron chi connectivity index (χ3n) is 5.57. The fourth-order valence-corrected chi connectivity index (χ4v) is 3.34. The van der Waals surface area contributed by atoms with Gasteiger partial charge in [0.05, 0.1) is 0 Å². The van der Waals surface area contributed by atoms with Gasteiger partial charge in [0.2, 0.25) is 5.79 Å². The summed E-state index contributed by atoms with van der Waals surface area (Å²) in [6, 6.07) is 0. The summed E-state index contributed by atoms with van der Waals surface area (Å²) in [6.45, 7) is 12.0. The zero-order valence-corrected chi connectivity index (χ0v) is 22.7. The van der Waals surface area contributed by atoms with Crippen molar-refractivity contribution in [2.24, 2.45) is 11.3 Å². The number of amides is 2. The highest BCUT2D eigenvalue weighted by Crippen LogP contribution is 2.26. The van der Waals surface area contributed by atoms with Gasteiger partial charge in [-0.1, -0.05) is 26.8 Å². The van der Waals surface area contributed by atoms with Crippen molar-refractivity contribution in [2.45, 2.75) is 85.7 Å². The van der Waals surface area contributed by atoms with Gasteiger partial charge in [0.1, 0.15) is 6.10 Å². The van der Waals surface area contributed by atoms with Gasteiger partial charge in [0.15, 0.2) is 6.10 Å². The van der Waals surface area contributed by atoms with Crippen LogP contribution < -0.4 is 10.6 Å². The molecule has 0 fully saturated rings. The van der Waals surface area contributed by atoms with E-state index in [0.717, 1.165) is 0 Å². The molecule has 0 bridgehead atoms. The fourth-order valence-electron chi connectivity index (χ4n) is 3.34. The van der Waals surface area contributed by atoms with Gasteiger partial charge in [-0.15, -0.1) is 0 Å². The Morgan fingerprint density at radius 1 is 0.892 bits per heavy atom. The second kappa shape index (κ2) is 15.2. The van der Waals surface area contributed by atoms with Crippen molar-refractivity contribution >= 4 is 24.1 Å². The highest BCUT2D eigenvalue weighted by molar-refractivity contribution is 5.86. The molecule has 0 aliphatic carbocycles. The van der Waals surface area contributed by atoms with E-state index in [1.165, 1.54) is 26.8 Å². The third kappa shape index (κ3) is 14.9. The van der Waals surface area contributed by atoms with E-state index in [4.69, 9.17) is 19.7 Å². The maximum Gasteiger partial charge on any atom is 0.407 e. The number of rotatable bonds is 15. The summed E-state index contributed by atoms with van der Waals surface area (Å²) in [6.07, 6.45) is 0.467. The van der Waals surface area contributed by atoms with Gasteiger partial charge in [-0.25, -0.2) is 19.2 Å². The van der Waals surface area contributed by atoms with Gasteiger partial charge in [0.25, 0.3) is 0 Å². The lowest BCUT2D eigenvalue weighted by Crippen LogP contribution is -2.45. The number of hydrogen-bond donors (Lipinski definition) is 6. The molecule has 6 N–H and O–H groups in total. The number of alkyl carbamates (subject to hydrolysis) is 2. The van der Waals surface area contributed by atoms with E-state index in [1.807, 2.05) is 20.8 Å². The van der Waals surface area contributed by atoms with E-state index in [0.29, 0.717) is 31.9 Å². The lowest BCUT2D eigenvalue weighted by molar-refractivity contribution is -0.183. The zero-order chi connectivity index (χ0) is 29.0. The number of nitrogens with one attached hydrogen (secondary N) is 2. The summed E-state index contributed by atoms with van der Waals surface area (Å²) in [5.41, 5.74) is -0.473. The molecule has 0 radical (unpaired) electrons. The fraction of sp³-hybridized carbons (Fsp3) is 0.680. The Kier molecular flexibility index (Phi) is 13.9. The molecule has 3 atom stereocenters. The minimum Gasteiger partial charge on any atom is -0.478 e. The Labute approximate surface area is 217 Å². The number of carboxylic acid groups (broad SMARTS) is 2. The normalized spacial score (nSPS) is 15.3. The molecular weight excluding hydrogens is 488 g/mol. The number of carbonyl (C=O) groups excluding carboxylic acids is 2. The van der Waals surface area contributed by atoms with Crippen LogP contribution in [0.5, 0.6) is 0 Å². The van der Waals surface area contributed by atoms with E-state index < -0.39 is 42.1 Å². The van der Waals surface area contributed by atoms with Gasteiger partial charge in [0, 0.05) is 30.7 Å². The molecule has 37 heavy (non-hydrogen) atoms. The molecule has 0 saturated carbocycles. The summed E-state index contributed by atoms with van der Waals surface area (Å²) in [4.78, 5) is 45.7. The van der Waals surface area contributed by atoms with Crippen LogP contribution in [0.1, 0.15) is 67.7 Å². The molecular formula is C25H42N2O10. The smallest absolute Gasteiger partial charge is 0.407 e. The summed E-state index contributed by atoms with van der Waals surface area (Å²) >= 11 is 0. The molecule has 0 spiro atoms. The van der Waals surface area contributed by atoms with Crippen LogP contribution in [0, 0.1) is 11.3 Å². The monoisotopic (exact) mass is 530 g/mol. The molecule has 3 unspecified atom stereocenters. The number of aliphatic hydroxyl groups is 2. The van der Waals surface area contributed by atoms with Crippen molar-refractivity contribution in [1.82, 2.24) is 10.6 Å². The second-order valence-corrected chi connectivity index (χ2v) is 10.1. The first kappa shape index (κ1) is 33.9. The van der Waals surface area contributed by atoms with Gasteiger partial charge >= 0.3 is 24.1 Å². The summed E-state index contributed by atoms with van der Waals surface area (Å²) < 4.78 is 10.2. The van der Waals surface area contributed by atoms with Gasteiger partial charge < -0.3 is 40.5 Å². The van der Waals surface area contributed by atoms with E-state index in [-0.39, 0.29) is 29.0 Å². The highest BCUT2D eigenvalue weighted by Gasteiger charge is 2.33.